The molecule has 1 aromatic heterocycles. The fourth-order valence-corrected chi connectivity index (χ4v) is 2.29. The lowest BCUT2D eigenvalue weighted by Gasteiger charge is -2.28. The molecule has 1 fully saturated rings. The molecule has 3 N–H and O–H groups in total. The molecular weight excluding hydrogens is 258 g/mol. The van der Waals surface area contributed by atoms with Gasteiger partial charge in [0.2, 0.25) is 0 Å². The molecule has 1 aliphatic rings. The molecule has 6 heteroatoms. The van der Waals surface area contributed by atoms with Crippen LogP contribution in [0, 0.1) is 0 Å². The van der Waals surface area contributed by atoms with Gasteiger partial charge in [-0.15, -0.1) is 0 Å². The highest BCUT2D eigenvalue weighted by atomic mass is 16.5. The van der Waals surface area contributed by atoms with E-state index in [1.54, 1.807) is 6.07 Å². The van der Waals surface area contributed by atoms with Crippen molar-refractivity contribution in [1.82, 2.24) is 10.5 Å². The van der Waals surface area contributed by atoms with Crippen molar-refractivity contribution >= 4 is 11.8 Å². The topological polar surface area (TPSA) is 87.4 Å². The Kier molecular flexibility index (Phi) is 4.32. The number of anilines is 1. The van der Waals surface area contributed by atoms with E-state index in [4.69, 9.17) is 4.52 Å². The first-order valence-electron chi connectivity index (χ1n) is 7.09. The Labute approximate surface area is 118 Å². The molecule has 1 aromatic rings. The Morgan fingerprint density at radius 2 is 2.10 bits per heavy atom. The molecule has 20 heavy (non-hydrogen) atoms. The summed E-state index contributed by atoms with van der Waals surface area (Å²) in [5.74, 6) is 1.10. The second kappa shape index (κ2) is 5.83. The van der Waals surface area contributed by atoms with Crippen LogP contribution in [-0.4, -0.2) is 28.4 Å². The highest BCUT2D eigenvalue weighted by Crippen LogP contribution is 2.24. The summed E-state index contributed by atoms with van der Waals surface area (Å²) in [5, 5.41) is 19.1. The molecule has 112 valence electrons. The third-order valence-electron chi connectivity index (χ3n) is 3.54. The van der Waals surface area contributed by atoms with Crippen molar-refractivity contribution in [3.05, 3.63) is 11.8 Å². The minimum atomic E-state index is -0.461. The van der Waals surface area contributed by atoms with E-state index in [0.717, 1.165) is 25.7 Å². The van der Waals surface area contributed by atoms with Crippen molar-refractivity contribution in [2.24, 2.45) is 0 Å². The van der Waals surface area contributed by atoms with E-state index in [9.17, 15) is 9.90 Å². The molecule has 0 bridgehead atoms. The van der Waals surface area contributed by atoms with Crippen molar-refractivity contribution in [3.63, 3.8) is 0 Å². The molecule has 0 spiro atoms. The van der Waals surface area contributed by atoms with Crippen molar-refractivity contribution < 1.29 is 14.4 Å². The van der Waals surface area contributed by atoms with Gasteiger partial charge in [-0.25, -0.2) is 4.79 Å². The van der Waals surface area contributed by atoms with Gasteiger partial charge in [0, 0.05) is 11.5 Å². The minimum Gasteiger partial charge on any atom is -0.391 e. The Hall–Kier alpha value is -1.56. The summed E-state index contributed by atoms with van der Waals surface area (Å²) in [4.78, 5) is 11.9. The Morgan fingerprint density at radius 3 is 2.70 bits per heavy atom. The van der Waals surface area contributed by atoms with Crippen LogP contribution in [-0.2, 0) is 5.41 Å². The zero-order valence-electron chi connectivity index (χ0n) is 12.3. The number of rotatable bonds is 2. The number of aliphatic hydroxyl groups excluding tert-OH is 1. The van der Waals surface area contributed by atoms with E-state index in [-0.39, 0.29) is 17.5 Å². The van der Waals surface area contributed by atoms with Crippen molar-refractivity contribution in [3.8, 4) is 0 Å². The summed E-state index contributed by atoms with van der Waals surface area (Å²) < 4.78 is 5.20. The SMILES string of the molecule is CC(C)(C)c1cc(NC(=O)N[C@@H]2CCCC[C@@H]2O)no1. The fraction of sp³-hybridized carbons (Fsp3) is 0.714. The van der Waals surface area contributed by atoms with Gasteiger partial charge in [0.15, 0.2) is 5.82 Å². The van der Waals surface area contributed by atoms with Crippen LogP contribution in [0.1, 0.15) is 52.2 Å². The molecule has 0 aromatic carbocycles. The van der Waals surface area contributed by atoms with Gasteiger partial charge in [0.1, 0.15) is 5.76 Å². The number of carbonyl (C=O) groups is 1. The number of amides is 2. The third kappa shape index (κ3) is 3.72. The summed E-state index contributed by atoms with van der Waals surface area (Å²) in [6.45, 7) is 6.03. The van der Waals surface area contributed by atoms with Crippen LogP contribution in [0.4, 0.5) is 10.6 Å². The van der Waals surface area contributed by atoms with Crippen LogP contribution in [0.2, 0.25) is 0 Å². The monoisotopic (exact) mass is 281 g/mol. The van der Waals surface area contributed by atoms with Gasteiger partial charge >= 0.3 is 6.03 Å². The first-order chi connectivity index (χ1) is 9.36. The molecule has 2 rings (SSSR count). The number of hydrogen-bond donors (Lipinski definition) is 3. The highest BCUT2D eigenvalue weighted by molar-refractivity contribution is 5.88. The summed E-state index contributed by atoms with van der Waals surface area (Å²) in [7, 11) is 0. The molecule has 0 unspecified atom stereocenters. The normalized spacial score (nSPS) is 23.4. The third-order valence-corrected chi connectivity index (χ3v) is 3.54. The van der Waals surface area contributed by atoms with Gasteiger partial charge in [0.05, 0.1) is 12.1 Å². The molecule has 1 heterocycles. The van der Waals surface area contributed by atoms with Crippen LogP contribution in [0.15, 0.2) is 10.6 Å². The van der Waals surface area contributed by atoms with Crippen LogP contribution < -0.4 is 10.6 Å². The average Bonchev–Trinajstić information content (AvgIpc) is 2.80. The first-order valence-corrected chi connectivity index (χ1v) is 7.09. The molecule has 2 amide bonds. The second-order valence-electron chi connectivity index (χ2n) is 6.38. The molecule has 0 aliphatic heterocycles. The van der Waals surface area contributed by atoms with E-state index < -0.39 is 6.10 Å². The Bertz CT molecular complexity index is 464. The van der Waals surface area contributed by atoms with Crippen LogP contribution in [0.25, 0.3) is 0 Å². The lowest BCUT2D eigenvalue weighted by molar-refractivity contribution is 0.0955. The van der Waals surface area contributed by atoms with Crippen molar-refractivity contribution in [1.29, 1.82) is 0 Å². The number of nitrogens with one attached hydrogen (secondary N) is 2. The number of carbonyl (C=O) groups excluding carboxylic acids is 1. The van der Waals surface area contributed by atoms with E-state index >= 15 is 0 Å². The van der Waals surface area contributed by atoms with E-state index in [2.05, 4.69) is 15.8 Å². The van der Waals surface area contributed by atoms with Crippen LogP contribution in [0.5, 0.6) is 0 Å². The first kappa shape index (κ1) is 14.8. The zero-order chi connectivity index (χ0) is 14.8. The predicted molar refractivity (Wildman–Crippen MR) is 75.6 cm³/mol. The van der Waals surface area contributed by atoms with Gasteiger partial charge in [-0.1, -0.05) is 38.8 Å². The molecule has 0 radical (unpaired) electrons. The van der Waals surface area contributed by atoms with E-state index in [1.807, 2.05) is 20.8 Å². The lowest BCUT2D eigenvalue weighted by Crippen LogP contribution is -2.46. The smallest absolute Gasteiger partial charge is 0.320 e. The van der Waals surface area contributed by atoms with E-state index in [1.165, 1.54) is 0 Å². The average molecular weight is 281 g/mol. The minimum absolute atomic E-state index is 0.150. The maximum atomic E-state index is 11.9. The number of aliphatic hydroxyl groups is 1. The number of urea groups is 1. The van der Waals surface area contributed by atoms with Crippen LogP contribution >= 0.6 is 0 Å². The maximum Gasteiger partial charge on any atom is 0.320 e. The van der Waals surface area contributed by atoms with E-state index in [0.29, 0.717) is 11.6 Å². The summed E-state index contributed by atoms with van der Waals surface area (Å²) in [6.07, 6.45) is 3.13. The molecule has 6 nitrogen and oxygen atoms in total. The van der Waals surface area contributed by atoms with Gasteiger partial charge in [-0.3, -0.25) is 5.32 Å². The number of hydrogen-bond acceptors (Lipinski definition) is 4. The van der Waals surface area contributed by atoms with Crippen LogP contribution in [0.3, 0.4) is 0 Å². The molecule has 1 saturated carbocycles. The van der Waals surface area contributed by atoms with Crippen molar-refractivity contribution in [2.75, 3.05) is 5.32 Å². The maximum absolute atomic E-state index is 11.9. The van der Waals surface area contributed by atoms with Crippen molar-refractivity contribution in [2.45, 2.75) is 64.0 Å². The largest absolute Gasteiger partial charge is 0.391 e. The van der Waals surface area contributed by atoms with Gasteiger partial charge in [-0.05, 0) is 12.8 Å². The standard InChI is InChI=1S/C14H23N3O3/c1-14(2,3)11-8-12(17-20-11)16-13(19)15-9-6-4-5-7-10(9)18/h8-10,18H,4-7H2,1-3H3,(H2,15,16,17,19)/t9-,10+/m1/s1. The Balaban J connectivity index is 1.89. The fourth-order valence-electron chi connectivity index (χ4n) is 2.29. The number of nitrogens with zero attached hydrogens (tertiary/aromatic N) is 1. The second-order valence-corrected chi connectivity index (χ2v) is 6.38. The van der Waals surface area contributed by atoms with Gasteiger partial charge < -0.3 is 14.9 Å². The molecule has 1 aliphatic carbocycles. The zero-order valence-corrected chi connectivity index (χ0v) is 12.3. The quantitative estimate of drug-likeness (QED) is 0.776. The number of aromatic nitrogens is 1. The molecular formula is C14H23N3O3. The highest BCUT2D eigenvalue weighted by Gasteiger charge is 2.25. The predicted octanol–water partition coefficient (Wildman–Crippen LogP) is 2.40. The Morgan fingerprint density at radius 1 is 1.40 bits per heavy atom. The molecule has 2 atom stereocenters. The summed E-state index contributed by atoms with van der Waals surface area (Å²) in [5.41, 5.74) is -0.150. The molecule has 0 saturated heterocycles. The lowest BCUT2D eigenvalue weighted by atomic mass is 9.93. The summed E-state index contributed by atoms with van der Waals surface area (Å²) in [6, 6.07) is 1.18. The van der Waals surface area contributed by atoms with Gasteiger partial charge in [0.25, 0.3) is 0 Å². The summed E-state index contributed by atoms with van der Waals surface area (Å²) >= 11 is 0. The van der Waals surface area contributed by atoms with Gasteiger partial charge in [-0.2, -0.15) is 0 Å².